The molecule has 0 N–H and O–H groups in total. The van der Waals surface area contributed by atoms with Crippen molar-refractivity contribution in [3.05, 3.63) is 18.6 Å². The number of carbonyl (C=O) groups excluding carboxylic acids is 2. The fourth-order valence-corrected chi connectivity index (χ4v) is 3.33. The topological polar surface area (TPSA) is 69.6 Å². The molecule has 1 aromatic heterocycles. The van der Waals surface area contributed by atoms with Crippen molar-refractivity contribution < 1.29 is 9.59 Å². The second kappa shape index (κ2) is 6.93. The number of carbonyl (C=O) groups is 2. The van der Waals surface area contributed by atoms with Crippen LogP contribution in [-0.4, -0.2) is 70.9 Å². The molecule has 2 amide bonds. The van der Waals surface area contributed by atoms with E-state index in [9.17, 15) is 9.59 Å². The molecule has 7 heteroatoms. The fourth-order valence-electron chi connectivity index (χ4n) is 3.33. The molecule has 124 valence electrons. The van der Waals surface area contributed by atoms with Gasteiger partial charge in [0.2, 0.25) is 11.8 Å². The predicted molar refractivity (Wildman–Crippen MR) is 85.8 cm³/mol. The average Bonchev–Trinajstić information content (AvgIpc) is 2.62. The van der Waals surface area contributed by atoms with Crippen LogP contribution in [0.1, 0.15) is 19.8 Å². The van der Waals surface area contributed by atoms with E-state index in [1.54, 1.807) is 30.4 Å². The van der Waals surface area contributed by atoms with E-state index in [0.29, 0.717) is 19.6 Å². The monoisotopic (exact) mass is 317 g/mol. The third-order valence-electron chi connectivity index (χ3n) is 4.68. The van der Waals surface area contributed by atoms with Crippen molar-refractivity contribution in [1.82, 2.24) is 19.8 Å². The van der Waals surface area contributed by atoms with Crippen LogP contribution in [0.4, 0.5) is 5.82 Å². The molecule has 2 saturated heterocycles. The second-order valence-electron chi connectivity index (χ2n) is 6.18. The molecule has 1 unspecified atom stereocenters. The van der Waals surface area contributed by atoms with Crippen LogP contribution in [0.3, 0.4) is 0 Å². The Morgan fingerprint density at radius 2 is 1.87 bits per heavy atom. The van der Waals surface area contributed by atoms with E-state index in [0.717, 1.165) is 38.3 Å². The maximum atomic E-state index is 12.7. The quantitative estimate of drug-likeness (QED) is 0.789. The Kier molecular flexibility index (Phi) is 4.73. The molecular formula is C16H23N5O2. The molecule has 1 atom stereocenters. The Labute approximate surface area is 136 Å². The maximum Gasteiger partial charge on any atom is 0.227 e. The number of anilines is 1. The van der Waals surface area contributed by atoms with E-state index >= 15 is 0 Å². The van der Waals surface area contributed by atoms with Gasteiger partial charge >= 0.3 is 0 Å². The lowest BCUT2D eigenvalue weighted by Crippen LogP contribution is -2.53. The molecule has 1 aromatic rings. The number of hydrogen-bond acceptors (Lipinski definition) is 5. The fraction of sp³-hybridized carbons (Fsp3) is 0.625. The smallest absolute Gasteiger partial charge is 0.227 e. The zero-order valence-electron chi connectivity index (χ0n) is 13.5. The number of piperidine rings is 1. The van der Waals surface area contributed by atoms with Gasteiger partial charge in [0, 0.05) is 58.6 Å². The number of rotatable bonds is 2. The molecule has 3 heterocycles. The summed E-state index contributed by atoms with van der Waals surface area (Å²) in [4.78, 5) is 38.5. The van der Waals surface area contributed by atoms with Crippen LogP contribution >= 0.6 is 0 Å². The molecule has 0 radical (unpaired) electrons. The van der Waals surface area contributed by atoms with Crippen molar-refractivity contribution in [1.29, 1.82) is 0 Å². The summed E-state index contributed by atoms with van der Waals surface area (Å²) in [6.07, 6.45) is 6.89. The minimum absolute atomic E-state index is 0.0456. The second-order valence-corrected chi connectivity index (χ2v) is 6.18. The van der Waals surface area contributed by atoms with Gasteiger partial charge in [0.05, 0.1) is 12.1 Å². The minimum atomic E-state index is -0.0456. The molecular weight excluding hydrogens is 294 g/mol. The highest BCUT2D eigenvalue weighted by atomic mass is 16.2. The van der Waals surface area contributed by atoms with E-state index in [1.807, 2.05) is 4.90 Å². The summed E-state index contributed by atoms with van der Waals surface area (Å²) in [6.45, 7) is 5.86. The lowest BCUT2D eigenvalue weighted by Gasteiger charge is -2.39. The highest BCUT2D eigenvalue weighted by molar-refractivity contribution is 5.81. The third kappa shape index (κ3) is 3.60. The average molecular weight is 317 g/mol. The van der Waals surface area contributed by atoms with E-state index in [2.05, 4.69) is 14.9 Å². The van der Waals surface area contributed by atoms with Gasteiger partial charge in [-0.3, -0.25) is 14.6 Å². The van der Waals surface area contributed by atoms with Crippen molar-refractivity contribution in [3.63, 3.8) is 0 Å². The first-order chi connectivity index (χ1) is 11.1. The number of likely N-dealkylation sites (tertiary alicyclic amines) is 1. The first-order valence-electron chi connectivity index (χ1n) is 8.20. The molecule has 23 heavy (non-hydrogen) atoms. The normalized spacial score (nSPS) is 22.1. The lowest BCUT2D eigenvalue weighted by atomic mass is 9.96. The molecule has 3 rings (SSSR count). The number of nitrogens with zero attached hydrogens (tertiary/aromatic N) is 5. The largest absolute Gasteiger partial charge is 0.352 e. The Morgan fingerprint density at radius 3 is 2.52 bits per heavy atom. The van der Waals surface area contributed by atoms with Crippen LogP contribution in [0.2, 0.25) is 0 Å². The SMILES string of the molecule is CC(=O)N1CCCC(C(=O)N2CCN(c3cnccn3)CC2)C1. The number of piperazine rings is 1. The van der Waals surface area contributed by atoms with Crippen LogP contribution in [0.5, 0.6) is 0 Å². The maximum absolute atomic E-state index is 12.7. The number of amides is 2. The van der Waals surface area contributed by atoms with Gasteiger partial charge in [0.1, 0.15) is 5.82 Å². The van der Waals surface area contributed by atoms with Crippen LogP contribution in [0.25, 0.3) is 0 Å². The van der Waals surface area contributed by atoms with Gasteiger partial charge in [-0.2, -0.15) is 0 Å². The summed E-state index contributed by atoms with van der Waals surface area (Å²) in [5, 5.41) is 0. The van der Waals surface area contributed by atoms with Crippen molar-refractivity contribution in [3.8, 4) is 0 Å². The van der Waals surface area contributed by atoms with Gasteiger partial charge in [-0.15, -0.1) is 0 Å². The summed E-state index contributed by atoms with van der Waals surface area (Å²) in [6, 6.07) is 0. The Morgan fingerprint density at radius 1 is 1.09 bits per heavy atom. The molecule has 0 bridgehead atoms. The summed E-state index contributed by atoms with van der Waals surface area (Å²) in [5.74, 6) is 1.07. The van der Waals surface area contributed by atoms with Crippen molar-refractivity contribution >= 4 is 17.6 Å². The number of aromatic nitrogens is 2. The van der Waals surface area contributed by atoms with Gasteiger partial charge in [-0.1, -0.05) is 0 Å². The van der Waals surface area contributed by atoms with Gasteiger partial charge in [-0.05, 0) is 12.8 Å². The molecule has 0 saturated carbocycles. The molecule has 2 aliphatic rings. The van der Waals surface area contributed by atoms with Crippen LogP contribution in [-0.2, 0) is 9.59 Å². The Balaban J connectivity index is 1.55. The third-order valence-corrected chi connectivity index (χ3v) is 4.68. The first kappa shape index (κ1) is 15.7. The van der Waals surface area contributed by atoms with Gasteiger partial charge in [0.15, 0.2) is 0 Å². The van der Waals surface area contributed by atoms with Crippen molar-refractivity contribution in [2.45, 2.75) is 19.8 Å². The van der Waals surface area contributed by atoms with E-state index in [1.165, 1.54) is 0 Å². The zero-order valence-corrected chi connectivity index (χ0v) is 13.5. The molecule has 2 aliphatic heterocycles. The molecule has 2 fully saturated rings. The van der Waals surface area contributed by atoms with E-state index < -0.39 is 0 Å². The molecule has 7 nitrogen and oxygen atoms in total. The molecule has 0 spiro atoms. The summed E-state index contributed by atoms with van der Waals surface area (Å²) in [5.41, 5.74) is 0. The minimum Gasteiger partial charge on any atom is -0.352 e. The first-order valence-corrected chi connectivity index (χ1v) is 8.20. The zero-order chi connectivity index (χ0) is 16.2. The van der Waals surface area contributed by atoms with Crippen molar-refractivity contribution in [2.75, 3.05) is 44.2 Å². The van der Waals surface area contributed by atoms with Gasteiger partial charge in [0.25, 0.3) is 0 Å². The standard InChI is InChI=1S/C16H23N5O2/c1-13(22)21-6-2-3-14(12-21)16(23)20-9-7-19(8-10-20)15-11-17-4-5-18-15/h4-5,11,14H,2-3,6-10,12H2,1H3. The van der Waals surface area contributed by atoms with Crippen LogP contribution < -0.4 is 4.90 Å². The highest BCUT2D eigenvalue weighted by Gasteiger charge is 2.31. The lowest BCUT2D eigenvalue weighted by molar-refractivity contribution is -0.140. The molecule has 0 aromatic carbocycles. The van der Waals surface area contributed by atoms with Gasteiger partial charge < -0.3 is 14.7 Å². The Hall–Kier alpha value is -2.18. The number of hydrogen-bond donors (Lipinski definition) is 0. The van der Waals surface area contributed by atoms with E-state index in [-0.39, 0.29) is 17.7 Å². The summed E-state index contributed by atoms with van der Waals surface area (Å²) >= 11 is 0. The van der Waals surface area contributed by atoms with Crippen LogP contribution in [0, 0.1) is 5.92 Å². The Bertz CT molecular complexity index is 557. The van der Waals surface area contributed by atoms with Crippen LogP contribution in [0.15, 0.2) is 18.6 Å². The van der Waals surface area contributed by atoms with E-state index in [4.69, 9.17) is 0 Å². The molecule has 0 aliphatic carbocycles. The van der Waals surface area contributed by atoms with Gasteiger partial charge in [-0.25, -0.2) is 4.98 Å². The van der Waals surface area contributed by atoms with Crippen molar-refractivity contribution in [2.24, 2.45) is 5.92 Å². The predicted octanol–water partition coefficient (Wildman–Crippen LogP) is 0.384. The highest BCUT2D eigenvalue weighted by Crippen LogP contribution is 2.20. The summed E-state index contributed by atoms with van der Waals surface area (Å²) < 4.78 is 0. The summed E-state index contributed by atoms with van der Waals surface area (Å²) in [7, 11) is 0.